The maximum absolute atomic E-state index is 12.3. The van der Waals surface area contributed by atoms with E-state index in [0.717, 1.165) is 32.1 Å². The molecule has 5 heteroatoms. The first-order valence-electron chi connectivity index (χ1n) is 10.6. The van der Waals surface area contributed by atoms with E-state index in [1.165, 1.54) is 7.11 Å². The van der Waals surface area contributed by atoms with Gasteiger partial charge in [0.1, 0.15) is 5.78 Å². The van der Waals surface area contributed by atoms with E-state index in [-0.39, 0.29) is 35.9 Å². The Kier molecular flexibility index (Phi) is 8.44. The van der Waals surface area contributed by atoms with Crippen LogP contribution in [0.2, 0.25) is 0 Å². The Morgan fingerprint density at radius 2 is 2.00 bits per heavy atom. The van der Waals surface area contributed by atoms with Crippen molar-refractivity contribution in [3.63, 3.8) is 0 Å². The first kappa shape index (κ1) is 22.8. The Hall–Kier alpha value is -1.46. The Morgan fingerprint density at radius 1 is 1.29 bits per heavy atom. The Morgan fingerprint density at radius 3 is 2.68 bits per heavy atom. The summed E-state index contributed by atoms with van der Waals surface area (Å²) in [5.41, 5.74) is -0.918. The Bertz CT molecular complexity index is 592. The first-order valence-corrected chi connectivity index (χ1v) is 10.6. The molecule has 2 aliphatic rings. The molecule has 0 spiro atoms. The largest absolute Gasteiger partial charge is 0.469 e. The number of unbranched alkanes of at least 4 members (excludes halogenated alkanes) is 2. The van der Waals surface area contributed by atoms with Crippen LogP contribution in [-0.2, 0) is 14.3 Å². The van der Waals surface area contributed by atoms with E-state index in [9.17, 15) is 19.8 Å². The van der Waals surface area contributed by atoms with E-state index in [1.54, 1.807) is 19.1 Å². The number of ketones is 1. The van der Waals surface area contributed by atoms with Crippen molar-refractivity contribution in [3.8, 4) is 0 Å². The molecule has 2 N–H and O–H groups in total. The number of hydrogen-bond acceptors (Lipinski definition) is 5. The molecule has 2 rings (SSSR count). The van der Waals surface area contributed by atoms with E-state index < -0.39 is 11.7 Å². The van der Waals surface area contributed by atoms with Gasteiger partial charge in [-0.1, -0.05) is 50.5 Å². The van der Waals surface area contributed by atoms with Gasteiger partial charge in [-0.3, -0.25) is 9.59 Å². The number of hydrogen-bond donors (Lipinski definition) is 2. The van der Waals surface area contributed by atoms with Gasteiger partial charge in [0.15, 0.2) is 0 Å². The molecule has 0 radical (unpaired) electrons. The lowest BCUT2D eigenvalue weighted by atomic mass is 9.88. The SMILES string of the molecule is CCCCCC(C)(O)C=C[C@H]1C(=O)CC(O)[C@@H]1CC=CC[C@@H]1C[C@H]1C(=O)OC. The van der Waals surface area contributed by atoms with Crippen LogP contribution in [0.3, 0.4) is 0 Å². The molecule has 2 unspecified atom stereocenters. The van der Waals surface area contributed by atoms with Crippen molar-refractivity contribution in [2.75, 3.05) is 7.11 Å². The fourth-order valence-electron chi connectivity index (χ4n) is 4.13. The maximum Gasteiger partial charge on any atom is 0.308 e. The van der Waals surface area contributed by atoms with Gasteiger partial charge in [0.2, 0.25) is 0 Å². The van der Waals surface area contributed by atoms with Crippen LogP contribution >= 0.6 is 0 Å². The van der Waals surface area contributed by atoms with Gasteiger partial charge in [0.05, 0.1) is 24.7 Å². The summed E-state index contributed by atoms with van der Waals surface area (Å²) in [6, 6.07) is 0. The van der Waals surface area contributed by atoms with Crippen LogP contribution in [0, 0.1) is 23.7 Å². The molecule has 0 aromatic carbocycles. The second kappa shape index (κ2) is 10.4. The zero-order valence-electron chi connectivity index (χ0n) is 17.5. The number of carbonyl (C=O) groups excluding carboxylic acids is 2. The number of allylic oxidation sites excluding steroid dienone is 3. The molecule has 0 aliphatic heterocycles. The molecule has 2 fully saturated rings. The monoisotopic (exact) mass is 392 g/mol. The van der Waals surface area contributed by atoms with Crippen molar-refractivity contribution < 1.29 is 24.5 Å². The van der Waals surface area contributed by atoms with Gasteiger partial charge in [-0.2, -0.15) is 0 Å². The van der Waals surface area contributed by atoms with E-state index in [2.05, 4.69) is 6.92 Å². The van der Waals surface area contributed by atoms with Crippen LogP contribution in [0.25, 0.3) is 0 Å². The molecule has 0 amide bonds. The number of esters is 1. The fraction of sp³-hybridized carbons (Fsp3) is 0.739. The summed E-state index contributed by atoms with van der Waals surface area (Å²) >= 11 is 0. The molecule has 2 aliphatic carbocycles. The standard InChI is InChI=1S/C23H36O5/c1-4-5-8-12-23(2,27)13-11-18-17(20(24)15-21(18)25)10-7-6-9-16-14-19(16)22(26)28-3/h6-7,11,13,16-20,24,27H,4-5,8-10,12,14-15H2,1-3H3/t16-,17-,18-,19-,20?,23?/m1/s1. The zero-order chi connectivity index (χ0) is 20.7. The lowest BCUT2D eigenvalue weighted by Gasteiger charge is -2.21. The molecular weight excluding hydrogens is 356 g/mol. The molecule has 0 saturated heterocycles. The summed E-state index contributed by atoms with van der Waals surface area (Å²) in [5.74, 6) is -0.208. The summed E-state index contributed by atoms with van der Waals surface area (Å²) in [6.07, 6.45) is 13.3. The quantitative estimate of drug-likeness (QED) is 0.319. The molecule has 0 aromatic heterocycles. The predicted octanol–water partition coefficient (Wildman–Crippen LogP) is 3.59. The van der Waals surface area contributed by atoms with Gasteiger partial charge in [-0.05, 0) is 38.5 Å². The zero-order valence-corrected chi connectivity index (χ0v) is 17.5. The predicted molar refractivity (Wildman–Crippen MR) is 109 cm³/mol. The minimum Gasteiger partial charge on any atom is -0.469 e. The third kappa shape index (κ3) is 6.56. The van der Waals surface area contributed by atoms with E-state index in [1.807, 2.05) is 12.2 Å². The van der Waals surface area contributed by atoms with Crippen molar-refractivity contribution in [2.45, 2.75) is 76.9 Å². The molecule has 5 nitrogen and oxygen atoms in total. The Labute approximate surface area is 168 Å². The van der Waals surface area contributed by atoms with Crippen molar-refractivity contribution in [1.82, 2.24) is 0 Å². The number of ether oxygens (including phenoxy) is 1. The van der Waals surface area contributed by atoms with Gasteiger partial charge >= 0.3 is 5.97 Å². The number of rotatable bonds is 11. The first-order chi connectivity index (χ1) is 13.3. The second-order valence-electron chi connectivity index (χ2n) is 8.67. The highest BCUT2D eigenvalue weighted by atomic mass is 16.5. The highest BCUT2D eigenvalue weighted by Gasteiger charge is 2.43. The van der Waals surface area contributed by atoms with Gasteiger partial charge in [-0.15, -0.1) is 0 Å². The number of aliphatic hydroxyl groups is 2. The summed E-state index contributed by atoms with van der Waals surface area (Å²) in [5, 5.41) is 20.8. The molecule has 6 atom stereocenters. The third-order valence-electron chi connectivity index (χ3n) is 6.13. The smallest absolute Gasteiger partial charge is 0.308 e. The topological polar surface area (TPSA) is 83.8 Å². The van der Waals surface area contributed by atoms with Crippen molar-refractivity contribution in [3.05, 3.63) is 24.3 Å². The summed E-state index contributed by atoms with van der Waals surface area (Å²) < 4.78 is 4.76. The van der Waals surface area contributed by atoms with Crippen LogP contribution in [-0.4, -0.2) is 40.8 Å². The van der Waals surface area contributed by atoms with Gasteiger partial charge in [0.25, 0.3) is 0 Å². The second-order valence-corrected chi connectivity index (χ2v) is 8.67. The summed E-state index contributed by atoms with van der Waals surface area (Å²) in [6.45, 7) is 3.90. The van der Waals surface area contributed by atoms with Crippen molar-refractivity contribution in [2.24, 2.45) is 23.7 Å². The maximum atomic E-state index is 12.3. The average molecular weight is 393 g/mol. The Balaban J connectivity index is 1.86. The number of Topliss-reactive ketones (excluding diaryl/α,β-unsaturated/α-hetero) is 1. The van der Waals surface area contributed by atoms with Crippen LogP contribution in [0.15, 0.2) is 24.3 Å². The third-order valence-corrected chi connectivity index (χ3v) is 6.13. The fourth-order valence-corrected chi connectivity index (χ4v) is 4.13. The molecule has 158 valence electrons. The molecule has 0 bridgehead atoms. The van der Waals surface area contributed by atoms with E-state index in [4.69, 9.17) is 4.74 Å². The normalized spacial score (nSPS) is 32.2. The molecule has 0 aromatic rings. The molecule has 0 heterocycles. The lowest BCUT2D eigenvalue weighted by Crippen LogP contribution is -2.23. The van der Waals surface area contributed by atoms with Crippen LogP contribution in [0.5, 0.6) is 0 Å². The number of aliphatic hydroxyl groups excluding tert-OH is 1. The summed E-state index contributed by atoms with van der Waals surface area (Å²) in [4.78, 5) is 23.7. The lowest BCUT2D eigenvalue weighted by molar-refractivity contribution is -0.142. The minimum atomic E-state index is -0.918. The highest BCUT2D eigenvalue weighted by molar-refractivity contribution is 5.86. The molecular formula is C23H36O5. The van der Waals surface area contributed by atoms with Gasteiger partial charge < -0.3 is 14.9 Å². The van der Waals surface area contributed by atoms with Crippen LogP contribution in [0.4, 0.5) is 0 Å². The molecule has 2 saturated carbocycles. The van der Waals surface area contributed by atoms with Crippen LogP contribution < -0.4 is 0 Å². The molecule has 28 heavy (non-hydrogen) atoms. The van der Waals surface area contributed by atoms with Crippen molar-refractivity contribution in [1.29, 1.82) is 0 Å². The van der Waals surface area contributed by atoms with Gasteiger partial charge in [0, 0.05) is 18.3 Å². The summed E-state index contributed by atoms with van der Waals surface area (Å²) in [7, 11) is 1.42. The van der Waals surface area contributed by atoms with E-state index >= 15 is 0 Å². The number of methoxy groups -OCH3 is 1. The van der Waals surface area contributed by atoms with Gasteiger partial charge in [-0.25, -0.2) is 0 Å². The van der Waals surface area contributed by atoms with Crippen LogP contribution in [0.1, 0.15) is 65.2 Å². The van der Waals surface area contributed by atoms with E-state index in [0.29, 0.717) is 18.8 Å². The minimum absolute atomic E-state index is 0.0268. The number of carbonyl (C=O) groups is 2. The van der Waals surface area contributed by atoms with Crippen molar-refractivity contribution >= 4 is 11.8 Å². The highest BCUT2D eigenvalue weighted by Crippen LogP contribution is 2.42. The average Bonchev–Trinajstić information content (AvgIpc) is 3.36.